The van der Waals surface area contributed by atoms with Gasteiger partial charge in [0.15, 0.2) is 5.78 Å². The largest absolute Gasteiger partial charge is 0.292 e. The lowest BCUT2D eigenvalue weighted by molar-refractivity contribution is 0.0941. The van der Waals surface area contributed by atoms with E-state index in [0.29, 0.717) is 5.69 Å². The van der Waals surface area contributed by atoms with Gasteiger partial charge >= 0.3 is 0 Å². The zero-order valence-corrected chi connectivity index (χ0v) is 9.81. The molecule has 2 nitrogen and oxygen atoms in total. The molecular formula is C11H15NOS. The molecule has 3 heteroatoms. The minimum Gasteiger partial charge on any atom is -0.292 e. The Bertz CT molecular complexity index is 351. The van der Waals surface area contributed by atoms with Gasteiger partial charge in [-0.3, -0.25) is 4.79 Å². The standard InChI is InChI=1S/C11H15NOS/c1-10(2)9(11(10,3)4)8(13)7-5-6-14-12-7/h5-6,9H,1-4H3. The van der Waals surface area contributed by atoms with Crippen LogP contribution in [0.5, 0.6) is 0 Å². The molecule has 1 aromatic heterocycles. The minimum atomic E-state index is 0.119. The predicted octanol–water partition coefficient (Wildman–Crippen LogP) is 3.01. The lowest BCUT2D eigenvalue weighted by atomic mass is 10.0. The SMILES string of the molecule is CC1(C)C(C(=O)c2ccsn2)C1(C)C. The van der Waals surface area contributed by atoms with Crippen LogP contribution in [-0.4, -0.2) is 10.2 Å². The highest BCUT2D eigenvalue weighted by atomic mass is 32.1. The van der Waals surface area contributed by atoms with Crippen LogP contribution in [0.4, 0.5) is 0 Å². The molecule has 0 amide bonds. The van der Waals surface area contributed by atoms with Crippen molar-refractivity contribution in [2.45, 2.75) is 27.7 Å². The molecule has 76 valence electrons. The van der Waals surface area contributed by atoms with Crippen LogP contribution >= 0.6 is 11.5 Å². The number of ketones is 1. The Labute approximate surface area is 88.5 Å². The van der Waals surface area contributed by atoms with E-state index in [1.165, 1.54) is 11.5 Å². The lowest BCUT2D eigenvalue weighted by Gasteiger charge is -2.03. The summed E-state index contributed by atoms with van der Waals surface area (Å²) in [6.07, 6.45) is 0. The molecule has 0 aliphatic heterocycles. The first-order valence-electron chi connectivity index (χ1n) is 4.83. The molecule has 0 saturated heterocycles. The Morgan fingerprint density at radius 3 is 2.29 bits per heavy atom. The maximum Gasteiger partial charge on any atom is 0.186 e. The average molecular weight is 209 g/mol. The predicted molar refractivity (Wildman–Crippen MR) is 57.5 cm³/mol. The van der Waals surface area contributed by atoms with Gasteiger partial charge in [0.25, 0.3) is 0 Å². The summed E-state index contributed by atoms with van der Waals surface area (Å²) in [4.78, 5) is 12.0. The molecular weight excluding hydrogens is 194 g/mol. The molecule has 0 radical (unpaired) electrons. The summed E-state index contributed by atoms with van der Waals surface area (Å²) in [6.45, 7) is 8.62. The number of carbonyl (C=O) groups is 1. The van der Waals surface area contributed by atoms with Gasteiger partial charge in [-0.05, 0) is 28.4 Å². The second-order valence-electron chi connectivity index (χ2n) is 5.13. The van der Waals surface area contributed by atoms with Crippen molar-refractivity contribution in [3.05, 3.63) is 17.1 Å². The first-order valence-corrected chi connectivity index (χ1v) is 5.67. The van der Waals surface area contributed by atoms with E-state index in [4.69, 9.17) is 0 Å². The zero-order valence-electron chi connectivity index (χ0n) is 9.00. The topological polar surface area (TPSA) is 30.0 Å². The lowest BCUT2D eigenvalue weighted by Crippen LogP contribution is -2.07. The van der Waals surface area contributed by atoms with Gasteiger partial charge in [-0.25, -0.2) is 0 Å². The molecule has 0 unspecified atom stereocenters. The Kier molecular flexibility index (Phi) is 1.87. The maximum absolute atomic E-state index is 12.0. The molecule has 14 heavy (non-hydrogen) atoms. The van der Waals surface area contributed by atoms with Crippen molar-refractivity contribution in [3.63, 3.8) is 0 Å². The smallest absolute Gasteiger partial charge is 0.186 e. The van der Waals surface area contributed by atoms with Crippen LogP contribution in [0.2, 0.25) is 0 Å². The number of aromatic nitrogens is 1. The third-order valence-corrected chi connectivity index (χ3v) is 4.53. The molecule has 1 heterocycles. The second-order valence-corrected chi connectivity index (χ2v) is 5.79. The molecule has 0 spiro atoms. The van der Waals surface area contributed by atoms with Crippen LogP contribution < -0.4 is 0 Å². The van der Waals surface area contributed by atoms with Gasteiger partial charge in [0.05, 0.1) is 0 Å². The van der Waals surface area contributed by atoms with Crippen molar-refractivity contribution in [1.82, 2.24) is 4.37 Å². The molecule has 1 saturated carbocycles. The van der Waals surface area contributed by atoms with Gasteiger partial charge in [0.2, 0.25) is 0 Å². The van der Waals surface area contributed by atoms with Crippen LogP contribution in [0.25, 0.3) is 0 Å². The van der Waals surface area contributed by atoms with Gasteiger partial charge in [-0.2, -0.15) is 4.37 Å². The Hall–Kier alpha value is -0.700. The van der Waals surface area contributed by atoms with Gasteiger partial charge in [0, 0.05) is 11.3 Å². The van der Waals surface area contributed by atoms with E-state index in [0.717, 1.165) is 0 Å². The molecule has 0 aromatic carbocycles. The number of rotatable bonds is 2. The van der Waals surface area contributed by atoms with Crippen molar-refractivity contribution in [2.75, 3.05) is 0 Å². The average Bonchev–Trinajstić information content (AvgIpc) is 2.53. The minimum absolute atomic E-state index is 0.119. The Morgan fingerprint density at radius 1 is 1.36 bits per heavy atom. The summed E-state index contributed by atoms with van der Waals surface area (Å²) >= 11 is 1.34. The van der Waals surface area contributed by atoms with Gasteiger partial charge < -0.3 is 0 Å². The first kappa shape index (κ1) is 9.84. The van der Waals surface area contributed by atoms with Crippen molar-refractivity contribution >= 4 is 17.3 Å². The van der Waals surface area contributed by atoms with E-state index in [9.17, 15) is 4.79 Å². The Morgan fingerprint density at radius 2 is 1.93 bits per heavy atom. The maximum atomic E-state index is 12.0. The second kappa shape index (κ2) is 2.66. The summed E-state index contributed by atoms with van der Waals surface area (Å²) in [6, 6.07) is 1.82. The van der Waals surface area contributed by atoms with Gasteiger partial charge in [0.1, 0.15) is 5.69 Å². The number of carbonyl (C=O) groups excluding carboxylic acids is 1. The summed E-state index contributed by atoms with van der Waals surface area (Å²) in [7, 11) is 0. The number of Topliss-reactive ketones (excluding diaryl/α,β-unsaturated/α-hetero) is 1. The van der Waals surface area contributed by atoms with E-state index in [1.54, 1.807) is 0 Å². The van der Waals surface area contributed by atoms with Crippen molar-refractivity contribution in [1.29, 1.82) is 0 Å². The van der Waals surface area contributed by atoms with Crippen molar-refractivity contribution in [2.24, 2.45) is 16.7 Å². The van der Waals surface area contributed by atoms with Crippen LogP contribution in [0, 0.1) is 16.7 Å². The third-order valence-electron chi connectivity index (χ3n) is 3.97. The van der Waals surface area contributed by atoms with Crippen LogP contribution in [0.3, 0.4) is 0 Å². The van der Waals surface area contributed by atoms with Gasteiger partial charge in [-0.1, -0.05) is 27.7 Å². The summed E-state index contributed by atoms with van der Waals surface area (Å²) < 4.78 is 4.10. The van der Waals surface area contributed by atoms with E-state index in [1.807, 2.05) is 11.4 Å². The van der Waals surface area contributed by atoms with E-state index in [-0.39, 0.29) is 22.5 Å². The highest BCUT2D eigenvalue weighted by molar-refractivity contribution is 7.03. The van der Waals surface area contributed by atoms with E-state index in [2.05, 4.69) is 32.1 Å². The monoisotopic (exact) mass is 209 g/mol. The van der Waals surface area contributed by atoms with Crippen LogP contribution in [0.15, 0.2) is 11.4 Å². The highest BCUT2D eigenvalue weighted by Crippen LogP contribution is 2.69. The number of nitrogens with zero attached hydrogens (tertiary/aromatic N) is 1. The summed E-state index contributed by atoms with van der Waals surface area (Å²) in [5, 5.41) is 1.86. The molecule has 1 aromatic rings. The van der Waals surface area contributed by atoms with E-state index >= 15 is 0 Å². The molecule has 0 atom stereocenters. The fourth-order valence-corrected chi connectivity index (χ4v) is 2.85. The fourth-order valence-electron chi connectivity index (χ4n) is 2.34. The highest BCUT2D eigenvalue weighted by Gasteiger charge is 2.68. The fraction of sp³-hybridized carbons (Fsp3) is 0.636. The number of hydrogen-bond acceptors (Lipinski definition) is 3. The van der Waals surface area contributed by atoms with Crippen molar-refractivity contribution in [3.8, 4) is 0 Å². The number of hydrogen-bond donors (Lipinski definition) is 0. The van der Waals surface area contributed by atoms with E-state index < -0.39 is 0 Å². The molecule has 1 aliphatic rings. The quantitative estimate of drug-likeness (QED) is 0.701. The first-order chi connectivity index (χ1) is 6.39. The molecule has 0 N–H and O–H groups in total. The third kappa shape index (κ3) is 1.08. The zero-order chi connectivity index (χ0) is 10.6. The molecule has 2 rings (SSSR count). The molecule has 0 bridgehead atoms. The normalized spacial score (nSPS) is 23.4. The molecule has 1 fully saturated rings. The van der Waals surface area contributed by atoms with Crippen LogP contribution in [0.1, 0.15) is 38.2 Å². The molecule has 1 aliphatic carbocycles. The summed E-state index contributed by atoms with van der Waals surface area (Å²) in [5.41, 5.74) is 0.875. The van der Waals surface area contributed by atoms with Crippen LogP contribution in [-0.2, 0) is 0 Å². The Balaban J connectivity index is 2.25. The van der Waals surface area contributed by atoms with Crippen molar-refractivity contribution < 1.29 is 4.79 Å². The summed E-state index contributed by atoms with van der Waals surface area (Å²) in [5.74, 6) is 0.346. The van der Waals surface area contributed by atoms with Gasteiger partial charge in [-0.15, -0.1) is 0 Å².